The Balaban J connectivity index is 1.56. The van der Waals surface area contributed by atoms with Crippen molar-refractivity contribution in [3.05, 3.63) is 119 Å². The highest BCUT2D eigenvalue weighted by Crippen LogP contribution is 2.28. The number of halogens is 1. The summed E-state index contributed by atoms with van der Waals surface area (Å²) in [5.74, 6) is -0.202. The van der Waals surface area contributed by atoms with Crippen molar-refractivity contribution in [2.24, 2.45) is 0 Å². The molecule has 0 heterocycles. The lowest BCUT2D eigenvalue weighted by atomic mass is 10.0. The van der Waals surface area contributed by atoms with Crippen LogP contribution in [-0.2, 0) is 32.6 Å². The van der Waals surface area contributed by atoms with Gasteiger partial charge in [0.2, 0.25) is 11.8 Å². The van der Waals surface area contributed by atoms with Crippen LogP contribution < -0.4 is 14.4 Å². The summed E-state index contributed by atoms with van der Waals surface area (Å²) in [5.41, 5.74) is 1.94. The third-order valence-corrected chi connectivity index (χ3v) is 11.4. The molecule has 1 aliphatic carbocycles. The molecule has 0 saturated heterocycles. The Hall–Kier alpha value is -3.99. The summed E-state index contributed by atoms with van der Waals surface area (Å²) in [6, 6.07) is 29.0. The fourth-order valence-corrected chi connectivity index (χ4v) is 7.94. The minimum absolute atomic E-state index is 0.0308. The predicted octanol–water partition coefficient (Wildman–Crippen LogP) is 7.35. The summed E-state index contributed by atoms with van der Waals surface area (Å²) >= 11 is 7.70. The van der Waals surface area contributed by atoms with E-state index in [4.69, 9.17) is 16.3 Å². The lowest BCUT2D eigenvalue weighted by molar-refractivity contribution is -0.140. The predicted molar refractivity (Wildman–Crippen MR) is 197 cm³/mol. The SMILES string of the molecule is CCOc1ccc(N(CC(=O)N(Cc2ccc(Cl)cc2)[C@@H](Cc2ccccc2)C(=O)NC2CCCC2)S(=O)(=O)c2ccc(SC)cc2)cc1. The van der Waals surface area contributed by atoms with Gasteiger partial charge in [0.15, 0.2) is 0 Å². The van der Waals surface area contributed by atoms with E-state index in [1.807, 2.05) is 55.6 Å². The standard InChI is InChI=1S/C38H42ClN3O5S2/c1-3-47-33-19-17-32(18-20-33)42(49(45,46)35-23-21-34(48-2)22-24-35)27-37(43)41(26-29-13-15-30(39)16-14-29)36(25-28-9-5-4-6-10-28)38(44)40-31-11-7-8-12-31/h4-6,9-10,13-24,31,36H,3,7-8,11-12,25-27H2,1-2H3,(H,40,44)/t36-/m0/s1. The third kappa shape index (κ3) is 9.59. The number of amides is 2. The van der Waals surface area contributed by atoms with E-state index in [2.05, 4.69) is 5.32 Å². The van der Waals surface area contributed by atoms with Gasteiger partial charge in [-0.3, -0.25) is 13.9 Å². The number of sulfonamides is 1. The molecule has 1 aliphatic rings. The lowest BCUT2D eigenvalue weighted by Gasteiger charge is -2.34. The zero-order valence-electron chi connectivity index (χ0n) is 27.8. The minimum atomic E-state index is -4.22. The number of carbonyl (C=O) groups excluding carboxylic acids is 2. The summed E-state index contributed by atoms with van der Waals surface area (Å²) < 4.78 is 35.4. The number of hydrogen-bond acceptors (Lipinski definition) is 6. The van der Waals surface area contributed by atoms with Crippen molar-refractivity contribution in [2.75, 3.05) is 23.7 Å². The van der Waals surface area contributed by atoms with Crippen LogP contribution in [-0.4, -0.2) is 56.6 Å². The van der Waals surface area contributed by atoms with Gasteiger partial charge in [-0.15, -0.1) is 11.8 Å². The molecule has 1 N–H and O–H groups in total. The molecular weight excluding hydrogens is 678 g/mol. The number of ether oxygens (including phenoxy) is 1. The topological polar surface area (TPSA) is 96.0 Å². The van der Waals surface area contributed by atoms with E-state index in [0.29, 0.717) is 23.1 Å². The Bertz CT molecular complexity index is 1780. The van der Waals surface area contributed by atoms with Gasteiger partial charge in [0.25, 0.3) is 10.0 Å². The van der Waals surface area contributed by atoms with Gasteiger partial charge in [-0.1, -0.05) is 66.9 Å². The van der Waals surface area contributed by atoms with Gasteiger partial charge in [-0.25, -0.2) is 8.42 Å². The molecule has 11 heteroatoms. The molecule has 0 unspecified atom stereocenters. The highest BCUT2D eigenvalue weighted by Gasteiger charge is 2.35. The Morgan fingerprint density at radius 1 is 0.898 bits per heavy atom. The first-order chi connectivity index (χ1) is 23.7. The smallest absolute Gasteiger partial charge is 0.264 e. The monoisotopic (exact) mass is 719 g/mol. The van der Waals surface area contributed by atoms with Gasteiger partial charge in [0.1, 0.15) is 18.3 Å². The van der Waals surface area contributed by atoms with Gasteiger partial charge in [-0.05, 0) is 97.8 Å². The van der Waals surface area contributed by atoms with Gasteiger partial charge < -0.3 is 15.0 Å². The van der Waals surface area contributed by atoms with E-state index in [-0.39, 0.29) is 29.8 Å². The van der Waals surface area contributed by atoms with Gasteiger partial charge in [0.05, 0.1) is 17.2 Å². The van der Waals surface area contributed by atoms with Crippen LogP contribution in [0, 0.1) is 0 Å². The number of carbonyl (C=O) groups is 2. The van der Waals surface area contributed by atoms with Crippen LogP contribution >= 0.6 is 23.4 Å². The molecule has 8 nitrogen and oxygen atoms in total. The number of anilines is 1. The maximum atomic E-state index is 14.7. The van der Waals surface area contributed by atoms with Crippen LogP contribution in [0.5, 0.6) is 5.75 Å². The van der Waals surface area contributed by atoms with Crippen LogP contribution in [0.15, 0.2) is 113 Å². The van der Waals surface area contributed by atoms with Crippen molar-refractivity contribution in [2.45, 2.75) is 67.4 Å². The van der Waals surface area contributed by atoms with E-state index in [0.717, 1.165) is 46.0 Å². The second kappa shape index (κ2) is 17.1. The molecule has 5 rings (SSSR count). The van der Waals surface area contributed by atoms with Gasteiger partial charge in [-0.2, -0.15) is 0 Å². The number of benzene rings is 4. The minimum Gasteiger partial charge on any atom is -0.494 e. The van der Waals surface area contributed by atoms with Crippen LogP contribution in [0.1, 0.15) is 43.7 Å². The van der Waals surface area contributed by atoms with E-state index in [1.54, 1.807) is 60.7 Å². The van der Waals surface area contributed by atoms with Gasteiger partial charge >= 0.3 is 0 Å². The Kier molecular flexibility index (Phi) is 12.7. The summed E-state index contributed by atoms with van der Waals surface area (Å²) in [4.78, 5) is 31.3. The number of thioether (sulfide) groups is 1. The number of hydrogen-bond donors (Lipinski definition) is 1. The maximum Gasteiger partial charge on any atom is 0.264 e. The second-order valence-corrected chi connectivity index (χ2v) is 15.1. The number of rotatable bonds is 15. The third-order valence-electron chi connectivity index (χ3n) is 8.60. The molecule has 4 aromatic rings. The van der Waals surface area contributed by atoms with E-state index >= 15 is 0 Å². The zero-order chi connectivity index (χ0) is 34.8. The van der Waals surface area contributed by atoms with Crippen molar-refractivity contribution in [1.82, 2.24) is 10.2 Å². The molecule has 0 aromatic heterocycles. The average Bonchev–Trinajstić information content (AvgIpc) is 3.63. The Morgan fingerprint density at radius 2 is 1.55 bits per heavy atom. The zero-order valence-corrected chi connectivity index (χ0v) is 30.1. The van der Waals surface area contributed by atoms with Crippen LogP contribution in [0.3, 0.4) is 0 Å². The average molecular weight is 720 g/mol. The number of nitrogens with zero attached hydrogens (tertiary/aromatic N) is 2. The second-order valence-electron chi connectivity index (χ2n) is 12.0. The summed E-state index contributed by atoms with van der Waals surface area (Å²) in [5, 5.41) is 3.74. The van der Waals surface area contributed by atoms with Gasteiger partial charge in [0, 0.05) is 28.9 Å². The molecule has 0 bridgehead atoms. The lowest BCUT2D eigenvalue weighted by Crippen LogP contribution is -2.54. The van der Waals surface area contributed by atoms with Crippen molar-refractivity contribution >= 4 is 50.9 Å². The first kappa shape index (κ1) is 36.3. The molecule has 1 fully saturated rings. The van der Waals surface area contributed by atoms with Crippen molar-refractivity contribution in [3.63, 3.8) is 0 Å². The van der Waals surface area contributed by atoms with Crippen LogP contribution in [0.25, 0.3) is 0 Å². The normalized spacial score (nSPS) is 13.9. The Morgan fingerprint density at radius 3 is 2.16 bits per heavy atom. The fourth-order valence-electron chi connectivity index (χ4n) is 5.99. The molecule has 1 atom stereocenters. The Labute approximate surface area is 298 Å². The quantitative estimate of drug-likeness (QED) is 0.129. The van der Waals surface area contributed by atoms with Crippen molar-refractivity contribution in [1.29, 1.82) is 0 Å². The summed E-state index contributed by atoms with van der Waals surface area (Å²) in [7, 11) is -4.22. The van der Waals surface area contributed by atoms with E-state index < -0.39 is 28.5 Å². The molecule has 1 saturated carbocycles. The molecule has 2 amide bonds. The van der Waals surface area contributed by atoms with Crippen LogP contribution in [0.4, 0.5) is 5.69 Å². The summed E-state index contributed by atoms with van der Waals surface area (Å²) in [6.07, 6.45) is 6.01. The maximum absolute atomic E-state index is 14.7. The van der Waals surface area contributed by atoms with E-state index in [1.165, 1.54) is 16.7 Å². The fraction of sp³-hybridized carbons (Fsp3) is 0.316. The first-order valence-corrected chi connectivity index (χ1v) is 19.5. The first-order valence-electron chi connectivity index (χ1n) is 16.5. The molecule has 258 valence electrons. The molecular formula is C38H42ClN3O5S2. The van der Waals surface area contributed by atoms with Crippen LogP contribution in [0.2, 0.25) is 5.02 Å². The molecule has 0 aliphatic heterocycles. The number of nitrogens with one attached hydrogen (secondary N) is 1. The molecule has 4 aromatic carbocycles. The summed E-state index contributed by atoms with van der Waals surface area (Å²) in [6.45, 7) is 1.86. The largest absolute Gasteiger partial charge is 0.494 e. The van der Waals surface area contributed by atoms with E-state index in [9.17, 15) is 18.0 Å². The molecule has 0 radical (unpaired) electrons. The highest BCUT2D eigenvalue weighted by molar-refractivity contribution is 7.98. The molecule has 49 heavy (non-hydrogen) atoms. The van der Waals surface area contributed by atoms with Crippen molar-refractivity contribution in [3.8, 4) is 5.75 Å². The van der Waals surface area contributed by atoms with Crippen molar-refractivity contribution < 1.29 is 22.7 Å². The molecule has 0 spiro atoms. The highest BCUT2D eigenvalue weighted by atomic mass is 35.5.